The molecule has 84 valence electrons. The number of rotatable bonds is 1. The Morgan fingerprint density at radius 3 is 3.06 bits per heavy atom. The average molecular weight is 280 g/mol. The molecule has 0 radical (unpaired) electrons. The van der Waals surface area contributed by atoms with Crippen molar-refractivity contribution in [1.82, 2.24) is 14.3 Å². The van der Waals surface area contributed by atoms with E-state index in [2.05, 4.69) is 55.6 Å². The smallest absolute Gasteiger partial charge is 0.117 e. The molecule has 16 heavy (non-hydrogen) atoms. The van der Waals surface area contributed by atoms with Crippen LogP contribution in [0, 0.1) is 0 Å². The highest BCUT2D eigenvalue weighted by Crippen LogP contribution is 2.26. The first kappa shape index (κ1) is 10.3. The van der Waals surface area contributed by atoms with Gasteiger partial charge in [-0.25, -0.2) is 4.98 Å². The second-order valence-corrected chi connectivity index (χ2v) is 5.42. The third-order valence-electron chi connectivity index (χ3n) is 3.28. The van der Waals surface area contributed by atoms with Crippen molar-refractivity contribution in [2.24, 2.45) is 0 Å². The molecular formula is C12H14BrN3. The molecule has 2 aromatic heterocycles. The van der Waals surface area contributed by atoms with E-state index in [1.54, 1.807) is 0 Å². The first-order valence-electron chi connectivity index (χ1n) is 5.55. The lowest BCUT2D eigenvalue weighted by atomic mass is 10.1. The zero-order valence-electron chi connectivity index (χ0n) is 9.23. The molecular weight excluding hydrogens is 266 g/mol. The molecule has 1 fully saturated rings. The van der Waals surface area contributed by atoms with Crippen molar-refractivity contribution >= 4 is 21.4 Å². The summed E-state index contributed by atoms with van der Waals surface area (Å²) in [6.07, 6.45) is 5.28. The molecule has 4 heteroatoms. The quantitative estimate of drug-likeness (QED) is 0.800. The number of hydrogen-bond donors (Lipinski definition) is 0. The van der Waals surface area contributed by atoms with Gasteiger partial charge in [0.25, 0.3) is 0 Å². The molecule has 0 spiro atoms. The summed E-state index contributed by atoms with van der Waals surface area (Å²) in [4.78, 5) is 6.93. The van der Waals surface area contributed by atoms with Gasteiger partial charge in [0.05, 0.1) is 11.7 Å². The van der Waals surface area contributed by atoms with Gasteiger partial charge in [0.15, 0.2) is 0 Å². The van der Waals surface area contributed by atoms with Crippen LogP contribution in [0.25, 0.3) is 5.52 Å². The van der Waals surface area contributed by atoms with Gasteiger partial charge < -0.3 is 9.30 Å². The SMILES string of the molecule is CN1CCC(c2ncc3ccc(Br)cn23)C1. The van der Waals surface area contributed by atoms with Crippen molar-refractivity contribution < 1.29 is 0 Å². The van der Waals surface area contributed by atoms with Gasteiger partial charge >= 0.3 is 0 Å². The summed E-state index contributed by atoms with van der Waals surface area (Å²) in [5.41, 5.74) is 1.17. The molecule has 3 rings (SSSR count). The number of pyridine rings is 1. The number of nitrogens with zero attached hydrogens (tertiary/aromatic N) is 3. The number of aromatic nitrogens is 2. The molecule has 0 N–H and O–H groups in total. The van der Waals surface area contributed by atoms with Crippen molar-refractivity contribution in [1.29, 1.82) is 0 Å². The maximum absolute atomic E-state index is 4.57. The van der Waals surface area contributed by atoms with E-state index in [0.717, 1.165) is 11.0 Å². The summed E-state index contributed by atoms with van der Waals surface area (Å²) in [6.45, 7) is 2.29. The fourth-order valence-corrected chi connectivity index (χ4v) is 2.77. The summed E-state index contributed by atoms with van der Waals surface area (Å²) in [5.74, 6) is 1.77. The van der Waals surface area contributed by atoms with Crippen LogP contribution in [0.4, 0.5) is 0 Å². The zero-order valence-corrected chi connectivity index (χ0v) is 10.8. The molecule has 0 aromatic carbocycles. The molecule has 0 bridgehead atoms. The fraction of sp³-hybridized carbons (Fsp3) is 0.417. The maximum atomic E-state index is 4.57. The molecule has 1 saturated heterocycles. The van der Waals surface area contributed by atoms with E-state index in [4.69, 9.17) is 0 Å². The number of likely N-dealkylation sites (N-methyl/N-ethyl adjacent to an activating group) is 1. The van der Waals surface area contributed by atoms with E-state index >= 15 is 0 Å². The van der Waals surface area contributed by atoms with Gasteiger partial charge in [0.2, 0.25) is 0 Å². The van der Waals surface area contributed by atoms with Gasteiger partial charge in [-0.05, 0) is 48.1 Å². The molecule has 3 nitrogen and oxygen atoms in total. The summed E-state index contributed by atoms with van der Waals surface area (Å²) in [5, 5.41) is 0. The second-order valence-electron chi connectivity index (χ2n) is 4.51. The fourth-order valence-electron chi connectivity index (χ4n) is 2.43. The Morgan fingerprint density at radius 1 is 1.44 bits per heavy atom. The minimum Gasteiger partial charge on any atom is -0.306 e. The highest BCUT2D eigenvalue weighted by atomic mass is 79.9. The van der Waals surface area contributed by atoms with Crippen molar-refractivity contribution in [3.8, 4) is 0 Å². The van der Waals surface area contributed by atoms with Crippen LogP contribution in [0.2, 0.25) is 0 Å². The van der Waals surface area contributed by atoms with Crippen LogP contribution in [0.1, 0.15) is 18.2 Å². The van der Waals surface area contributed by atoms with E-state index < -0.39 is 0 Å². The van der Waals surface area contributed by atoms with Crippen molar-refractivity contribution in [2.45, 2.75) is 12.3 Å². The molecule has 3 heterocycles. The summed E-state index contributed by atoms with van der Waals surface area (Å²) < 4.78 is 3.30. The second kappa shape index (κ2) is 3.86. The van der Waals surface area contributed by atoms with Crippen LogP contribution in [0.3, 0.4) is 0 Å². The molecule has 1 unspecified atom stereocenters. The van der Waals surface area contributed by atoms with Crippen molar-refractivity contribution in [3.63, 3.8) is 0 Å². The minimum atomic E-state index is 0.571. The average Bonchev–Trinajstić information content (AvgIpc) is 2.83. The Hall–Kier alpha value is -0.870. The van der Waals surface area contributed by atoms with Crippen LogP contribution in [0.5, 0.6) is 0 Å². The predicted molar refractivity (Wildman–Crippen MR) is 67.7 cm³/mol. The van der Waals surface area contributed by atoms with Gasteiger partial charge in [0, 0.05) is 23.1 Å². The lowest BCUT2D eigenvalue weighted by Crippen LogP contribution is -2.14. The number of fused-ring (bicyclic) bond motifs is 1. The Bertz CT molecular complexity index is 520. The molecule has 2 aromatic rings. The lowest BCUT2D eigenvalue weighted by molar-refractivity contribution is 0.409. The van der Waals surface area contributed by atoms with E-state index in [1.165, 1.54) is 24.3 Å². The van der Waals surface area contributed by atoms with Crippen LogP contribution in [-0.2, 0) is 0 Å². The Balaban J connectivity index is 2.06. The Labute approximate surface area is 103 Å². The first-order chi connectivity index (χ1) is 7.74. The number of hydrogen-bond acceptors (Lipinski definition) is 2. The highest BCUT2D eigenvalue weighted by Gasteiger charge is 2.24. The summed E-state index contributed by atoms with van der Waals surface area (Å²) >= 11 is 3.51. The molecule has 0 amide bonds. The highest BCUT2D eigenvalue weighted by molar-refractivity contribution is 9.10. The number of imidazole rings is 1. The van der Waals surface area contributed by atoms with E-state index in [9.17, 15) is 0 Å². The van der Waals surface area contributed by atoms with Gasteiger partial charge in [0.1, 0.15) is 5.82 Å². The molecule has 1 aliphatic heterocycles. The monoisotopic (exact) mass is 279 g/mol. The normalized spacial score (nSPS) is 22.0. The topological polar surface area (TPSA) is 20.5 Å². The van der Waals surface area contributed by atoms with Crippen LogP contribution < -0.4 is 0 Å². The first-order valence-corrected chi connectivity index (χ1v) is 6.34. The predicted octanol–water partition coefficient (Wildman–Crippen LogP) is 2.52. The van der Waals surface area contributed by atoms with Gasteiger partial charge in [-0.3, -0.25) is 0 Å². The third-order valence-corrected chi connectivity index (χ3v) is 3.75. The molecule has 0 aliphatic carbocycles. The number of likely N-dealkylation sites (tertiary alicyclic amines) is 1. The van der Waals surface area contributed by atoms with Crippen LogP contribution >= 0.6 is 15.9 Å². The van der Waals surface area contributed by atoms with E-state index in [1.807, 2.05) is 6.20 Å². The van der Waals surface area contributed by atoms with Gasteiger partial charge in [-0.1, -0.05) is 0 Å². The van der Waals surface area contributed by atoms with Crippen LogP contribution in [0.15, 0.2) is 29.0 Å². The van der Waals surface area contributed by atoms with Crippen molar-refractivity contribution in [3.05, 3.63) is 34.8 Å². The number of halogens is 1. The third kappa shape index (κ3) is 1.66. The van der Waals surface area contributed by atoms with Gasteiger partial charge in [-0.2, -0.15) is 0 Å². The maximum Gasteiger partial charge on any atom is 0.117 e. The van der Waals surface area contributed by atoms with E-state index in [0.29, 0.717) is 5.92 Å². The summed E-state index contributed by atoms with van der Waals surface area (Å²) in [6, 6.07) is 4.15. The summed E-state index contributed by atoms with van der Waals surface area (Å²) in [7, 11) is 2.17. The zero-order chi connectivity index (χ0) is 11.1. The largest absolute Gasteiger partial charge is 0.306 e. The standard InChI is InChI=1S/C12H14BrN3/c1-15-5-4-9(7-15)12-14-6-11-3-2-10(13)8-16(11)12/h2-3,6,8-9H,4-5,7H2,1H3. The minimum absolute atomic E-state index is 0.571. The molecule has 1 aliphatic rings. The molecule has 1 atom stereocenters. The van der Waals surface area contributed by atoms with E-state index in [-0.39, 0.29) is 0 Å². The lowest BCUT2D eigenvalue weighted by Gasteiger charge is -2.09. The van der Waals surface area contributed by atoms with Crippen molar-refractivity contribution in [2.75, 3.05) is 20.1 Å². The Morgan fingerprint density at radius 2 is 2.31 bits per heavy atom. The Kier molecular flexibility index (Phi) is 2.48. The molecule has 0 saturated carbocycles. The van der Waals surface area contributed by atoms with Gasteiger partial charge in [-0.15, -0.1) is 0 Å². The van der Waals surface area contributed by atoms with Crippen LogP contribution in [-0.4, -0.2) is 34.4 Å².